The van der Waals surface area contributed by atoms with E-state index < -0.39 is 10.2 Å². The molecule has 120 valence electrons. The van der Waals surface area contributed by atoms with Crippen molar-refractivity contribution in [3.8, 4) is 0 Å². The van der Waals surface area contributed by atoms with Gasteiger partial charge in [-0.15, -0.1) is 0 Å². The van der Waals surface area contributed by atoms with Crippen LogP contribution in [0.1, 0.15) is 39.5 Å². The van der Waals surface area contributed by atoms with E-state index in [4.69, 9.17) is 4.74 Å². The fraction of sp³-hybridized carbons (Fsp3) is 1.00. The molecule has 0 aromatic carbocycles. The predicted octanol–water partition coefficient (Wildman–Crippen LogP) is 0.708. The Kier molecular flexibility index (Phi) is 7.39. The van der Waals surface area contributed by atoms with Gasteiger partial charge in [0.1, 0.15) is 0 Å². The first-order valence-corrected chi connectivity index (χ1v) is 8.80. The van der Waals surface area contributed by atoms with Crippen molar-refractivity contribution in [1.82, 2.24) is 14.3 Å². The maximum absolute atomic E-state index is 12.2. The van der Waals surface area contributed by atoms with Crippen molar-refractivity contribution in [3.63, 3.8) is 0 Å². The summed E-state index contributed by atoms with van der Waals surface area (Å²) in [4.78, 5) is 0. The van der Waals surface area contributed by atoms with Crippen LogP contribution >= 0.6 is 0 Å². The van der Waals surface area contributed by atoms with Crippen molar-refractivity contribution < 1.29 is 13.2 Å². The van der Waals surface area contributed by atoms with E-state index in [0.29, 0.717) is 12.6 Å². The number of nitrogens with zero attached hydrogens (tertiary/aromatic N) is 1. The highest BCUT2D eigenvalue weighted by molar-refractivity contribution is 7.87. The summed E-state index contributed by atoms with van der Waals surface area (Å²) in [6, 6.07) is 0.331. The van der Waals surface area contributed by atoms with Crippen LogP contribution in [0.5, 0.6) is 0 Å². The quantitative estimate of drug-likeness (QED) is 0.616. The molecule has 1 aliphatic carbocycles. The number of ether oxygens (including phenoxy) is 1. The van der Waals surface area contributed by atoms with Crippen molar-refractivity contribution in [2.24, 2.45) is 0 Å². The second kappa shape index (κ2) is 8.29. The first kappa shape index (κ1) is 17.8. The highest BCUT2D eigenvalue weighted by atomic mass is 32.2. The number of methoxy groups -OCH3 is 1. The van der Waals surface area contributed by atoms with Gasteiger partial charge >= 0.3 is 0 Å². The van der Waals surface area contributed by atoms with Crippen LogP contribution in [-0.2, 0) is 14.9 Å². The van der Waals surface area contributed by atoms with Gasteiger partial charge in [0.15, 0.2) is 0 Å². The largest absolute Gasteiger partial charge is 0.380 e. The molecule has 20 heavy (non-hydrogen) atoms. The molecule has 0 radical (unpaired) electrons. The van der Waals surface area contributed by atoms with E-state index in [1.54, 1.807) is 14.2 Å². The summed E-state index contributed by atoms with van der Waals surface area (Å²) in [5.41, 5.74) is 0. The Morgan fingerprint density at radius 1 is 1.35 bits per heavy atom. The lowest BCUT2D eigenvalue weighted by Gasteiger charge is -2.24. The predicted molar refractivity (Wildman–Crippen MR) is 80.9 cm³/mol. The van der Waals surface area contributed by atoms with E-state index >= 15 is 0 Å². The lowest BCUT2D eigenvalue weighted by molar-refractivity contribution is 0.0911. The molecule has 2 atom stereocenters. The summed E-state index contributed by atoms with van der Waals surface area (Å²) in [6.45, 7) is 5.49. The van der Waals surface area contributed by atoms with Gasteiger partial charge in [-0.05, 0) is 32.2 Å². The lowest BCUT2D eigenvalue weighted by atomic mass is 10.2. The molecular weight excluding hydrogens is 278 g/mol. The van der Waals surface area contributed by atoms with Gasteiger partial charge < -0.3 is 10.1 Å². The molecule has 0 saturated heterocycles. The smallest absolute Gasteiger partial charge is 0.279 e. The molecular formula is C13H29N3O3S. The first-order chi connectivity index (χ1) is 9.36. The minimum absolute atomic E-state index is 0.000725. The minimum atomic E-state index is -3.41. The van der Waals surface area contributed by atoms with Crippen molar-refractivity contribution >= 4 is 10.2 Å². The van der Waals surface area contributed by atoms with Crippen LogP contribution < -0.4 is 10.0 Å². The molecule has 6 nitrogen and oxygen atoms in total. The van der Waals surface area contributed by atoms with Crippen LogP contribution in [0, 0.1) is 0 Å². The Labute approximate surface area is 123 Å². The molecule has 0 aromatic heterocycles. The number of hydrogen-bond donors (Lipinski definition) is 2. The van der Waals surface area contributed by atoms with Gasteiger partial charge in [-0.25, -0.2) is 0 Å². The van der Waals surface area contributed by atoms with E-state index in [0.717, 1.165) is 32.2 Å². The Hall–Kier alpha value is -0.210. The highest BCUT2D eigenvalue weighted by Crippen LogP contribution is 2.22. The van der Waals surface area contributed by atoms with Crippen molar-refractivity contribution in [3.05, 3.63) is 0 Å². The van der Waals surface area contributed by atoms with Crippen LogP contribution in [0.15, 0.2) is 0 Å². The average molecular weight is 307 g/mol. The second-order valence-electron chi connectivity index (χ2n) is 5.72. The third kappa shape index (κ3) is 5.65. The summed E-state index contributed by atoms with van der Waals surface area (Å²) in [5, 5.41) is 3.28. The summed E-state index contributed by atoms with van der Waals surface area (Å²) in [5.74, 6) is 0. The third-order valence-corrected chi connectivity index (χ3v) is 5.27. The Balaban J connectivity index is 2.39. The first-order valence-electron chi connectivity index (χ1n) is 7.36. The van der Waals surface area contributed by atoms with E-state index in [1.165, 1.54) is 4.31 Å². The molecule has 0 heterocycles. The zero-order chi connectivity index (χ0) is 15.2. The van der Waals surface area contributed by atoms with Gasteiger partial charge in [0.25, 0.3) is 10.2 Å². The number of nitrogens with one attached hydrogen (secondary N) is 2. The van der Waals surface area contributed by atoms with Gasteiger partial charge in [0, 0.05) is 32.8 Å². The molecule has 1 aliphatic rings. The molecule has 2 unspecified atom stereocenters. The van der Waals surface area contributed by atoms with Crippen LogP contribution in [0.2, 0.25) is 0 Å². The Morgan fingerprint density at radius 2 is 2.05 bits per heavy atom. The van der Waals surface area contributed by atoms with Gasteiger partial charge in [0.2, 0.25) is 0 Å². The average Bonchev–Trinajstić information content (AvgIpc) is 2.80. The lowest BCUT2D eigenvalue weighted by Crippen LogP contribution is -2.47. The molecule has 7 heteroatoms. The molecule has 2 N–H and O–H groups in total. The second-order valence-corrected chi connectivity index (χ2v) is 7.53. The van der Waals surface area contributed by atoms with E-state index in [-0.39, 0.29) is 12.1 Å². The fourth-order valence-electron chi connectivity index (χ4n) is 2.44. The molecule has 1 saturated carbocycles. The molecule has 0 bridgehead atoms. The Bertz CT molecular complexity index is 373. The zero-order valence-corrected chi connectivity index (χ0v) is 13.9. The van der Waals surface area contributed by atoms with Crippen molar-refractivity contribution in [2.45, 2.75) is 57.7 Å². The molecule has 0 amide bonds. The minimum Gasteiger partial charge on any atom is -0.380 e. The SMILES string of the molecule is COC1CCCC1NS(=O)(=O)N(C)CCCNC(C)C. The van der Waals surface area contributed by atoms with Gasteiger partial charge in [-0.1, -0.05) is 13.8 Å². The molecule has 0 aromatic rings. The molecule has 1 rings (SSSR count). The topological polar surface area (TPSA) is 70.7 Å². The molecule has 1 fully saturated rings. The van der Waals surface area contributed by atoms with Crippen molar-refractivity contribution in [1.29, 1.82) is 0 Å². The number of rotatable bonds is 9. The summed E-state index contributed by atoms with van der Waals surface area (Å²) in [6.07, 6.45) is 3.58. The van der Waals surface area contributed by atoms with Gasteiger partial charge in [-0.2, -0.15) is 17.4 Å². The summed E-state index contributed by atoms with van der Waals surface area (Å²) < 4.78 is 33.9. The van der Waals surface area contributed by atoms with Crippen molar-refractivity contribution in [2.75, 3.05) is 27.2 Å². The maximum Gasteiger partial charge on any atom is 0.279 e. The van der Waals surface area contributed by atoms with Crippen LogP contribution in [0.4, 0.5) is 0 Å². The Morgan fingerprint density at radius 3 is 2.65 bits per heavy atom. The zero-order valence-electron chi connectivity index (χ0n) is 13.1. The summed E-state index contributed by atoms with van der Waals surface area (Å²) >= 11 is 0. The fourth-order valence-corrected chi connectivity index (χ4v) is 3.64. The summed E-state index contributed by atoms with van der Waals surface area (Å²) in [7, 11) is -0.155. The van der Waals surface area contributed by atoms with Crippen LogP contribution in [0.3, 0.4) is 0 Å². The van der Waals surface area contributed by atoms with Gasteiger partial charge in [-0.3, -0.25) is 0 Å². The van der Waals surface area contributed by atoms with Crippen LogP contribution in [-0.4, -0.2) is 58.2 Å². The van der Waals surface area contributed by atoms with Gasteiger partial charge in [0.05, 0.1) is 6.10 Å². The third-order valence-electron chi connectivity index (χ3n) is 3.67. The molecule has 0 spiro atoms. The monoisotopic (exact) mass is 307 g/mol. The normalized spacial score (nSPS) is 23.9. The van der Waals surface area contributed by atoms with Crippen LogP contribution in [0.25, 0.3) is 0 Å². The molecule has 0 aliphatic heterocycles. The van der Waals surface area contributed by atoms with E-state index in [9.17, 15) is 8.42 Å². The maximum atomic E-state index is 12.2. The standard InChI is InChI=1S/C13H29N3O3S/c1-11(2)14-9-6-10-16(3)20(17,18)15-12-7-5-8-13(12)19-4/h11-15H,5-10H2,1-4H3. The number of hydrogen-bond acceptors (Lipinski definition) is 4. The highest BCUT2D eigenvalue weighted by Gasteiger charge is 2.31. The van der Waals surface area contributed by atoms with E-state index in [2.05, 4.69) is 23.9 Å². The van der Waals surface area contributed by atoms with E-state index in [1.807, 2.05) is 0 Å².